The van der Waals surface area contributed by atoms with Gasteiger partial charge in [-0.25, -0.2) is 0 Å². The van der Waals surface area contributed by atoms with E-state index in [1.807, 2.05) is 0 Å². The Bertz CT molecular complexity index is 309. The van der Waals surface area contributed by atoms with E-state index in [1.165, 1.54) is 4.88 Å². The largest absolute Gasteiger partial charge is 0.309 e. The molecule has 0 fully saturated rings. The zero-order chi connectivity index (χ0) is 10.6. The Morgan fingerprint density at radius 1 is 1.50 bits per heavy atom. The average Bonchev–Trinajstić information content (AvgIpc) is 2.44. The molecule has 0 bridgehead atoms. The lowest BCUT2D eigenvalue weighted by Gasteiger charge is -2.18. The lowest BCUT2D eigenvalue weighted by molar-refractivity contribution is 0.450. The highest BCUT2D eigenvalue weighted by Gasteiger charge is 2.05. The molecule has 0 saturated heterocycles. The van der Waals surface area contributed by atoms with Crippen LogP contribution in [-0.4, -0.2) is 12.1 Å². The molecule has 0 aliphatic heterocycles. The fraction of sp³-hybridized carbons (Fsp3) is 0.455. The molecule has 14 heavy (non-hydrogen) atoms. The van der Waals surface area contributed by atoms with Crippen molar-refractivity contribution >= 4 is 33.3 Å². The molecule has 0 aliphatic carbocycles. The minimum Gasteiger partial charge on any atom is -0.309 e. The summed E-state index contributed by atoms with van der Waals surface area (Å²) >= 11 is 5.18. The molecule has 0 spiro atoms. The van der Waals surface area contributed by atoms with Gasteiger partial charge >= 0.3 is 0 Å². The topological polar surface area (TPSA) is 12.0 Å². The van der Waals surface area contributed by atoms with Crippen LogP contribution in [0, 0.1) is 0 Å². The Hall–Kier alpha value is -0.120. The first kappa shape index (κ1) is 12.0. The smallest absolute Gasteiger partial charge is 0.0288 e. The van der Waals surface area contributed by atoms with Crippen molar-refractivity contribution in [3.63, 3.8) is 0 Å². The highest BCUT2D eigenvalue weighted by molar-refractivity contribution is 9.10. The van der Waals surface area contributed by atoms with E-state index in [0.717, 1.165) is 11.0 Å². The van der Waals surface area contributed by atoms with Crippen molar-refractivity contribution in [1.82, 2.24) is 5.32 Å². The highest BCUT2D eigenvalue weighted by Crippen LogP contribution is 2.20. The highest BCUT2D eigenvalue weighted by atomic mass is 79.9. The summed E-state index contributed by atoms with van der Waals surface area (Å²) in [5.41, 5.74) is 0.195. The first-order chi connectivity index (χ1) is 6.47. The first-order valence-corrected chi connectivity index (χ1v) is 6.30. The van der Waals surface area contributed by atoms with Gasteiger partial charge in [-0.2, -0.15) is 0 Å². The minimum absolute atomic E-state index is 0.195. The first-order valence-electron chi connectivity index (χ1n) is 4.63. The van der Waals surface area contributed by atoms with Gasteiger partial charge in [-0.3, -0.25) is 0 Å². The quantitative estimate of drug-likeness (QED) is 0.881. The van der Waals surface area contributed by atoms with Gasteiger partial charge in [0.15, 0.2) is 0 Å². The summed E-state index contributed by atoms with van der Waals surface area (Å²) in [6.07, 6.45) is 4.30. The Morgan fingerprint density at radius 3 is 2.71 bits per heavy atom. The average molecular weight is 274 g/mol. The molecule has 0 aromatic carbocycles. The number of rotatable bonds is 3. The van der Waals surface area contributed by atoms with E-state index in [2.05, 4.69) is 65.6 Å². The lowest BCUT2D eigenvalue weighted by atomic mass is 10.1. The van der Waals surface area contributed by atoms with E-state index < -0.39 is 0 Å². The molecule has 0 atom stereocenters. The third-order valence-corrected chi connectivity index (χ3v) is 3.28. The Balaban J connectivity index is 2.35. The Kier molecular flexibility index (Phi) is 4.35. The molecule has 1 rings (SSSR count). The van der Waals surface area contributed by atoms with E-state index in [1.54, 1.807) is 11.3 Å². The summed E-state index contributed by atoms with van der Waals surface area (Å²) in [6, 6.07) is 2.12. The SMILES string of the molecule is CC(C)(C)NCC=Cc1cc(Br)cs1. The second-order valence-electron chi connectivity index (χ2n) is 4.20. The zero-order valence-electron chi connectivity index (χ0n) is 8.80. The number of nitrogens with one attached hydrogen (secondary N) is 1. The molecule has 0 amide bonds. The Labute approximate surface area is 98.4 Å². The molecule has 0 unspecified atom stereocenters. The van der Waals surface area contributed by atoms with Gasteiger partial charge in [0.2, 0.25) is 0 Å². The normalized spacial score (nSPS) is 12.6. The van der Waals surface area contributed by atoms with Gasteiger partial charge in [0, 0.05) is 26.8 Å². The third-order valence-electron chi connectivity index (χ3n) is 1.62. The maximum absolute atomic E-state index is 3.43. The molecule has 1 heterocycles. The monoisotopic (exact) mass is 273 g/mol. The number of hydrogen-bond acceptors (Lipinski definition) is 2. The molecule has 0 aliphatic rings. The van der Waals surface area contributed by atoms with Crippen LogP contribution in [0.25, 0.3) is 6.08 Å². The molecule has 1 nitrogen and oxygen atoms in total. The zero-order valence-corrected chi connectivity index (χ0v) is 11.2. The van der Waals surface area contributed by atoms with Crippen LogP contribution in [0.1, 0.15) is 25.6 Å². The van der Waals surface area contributed by atoms with Gasteiger partial charge in [0.05, 0.1) is 0 Å². The summed E-state index contributed by atoms with van der Waals surface area (Å²) < 4.78 is 1.16. The van der Waals surface area contributed by atoms with Crippen LogP contribution >= 0.6 is 27.3 Å². The van der Waals surface area contributed by atoms with Crippen LogP contribution in [0.5, 0.6) is 0 Å². The van der Waals surface area contributed by atoms with Crippen LogP contribution in [0.3, 0.4) is 0 Å². The van der Waals surface area contributed by atoms with Crippen LogP contribution in [-0.2, 0) is 0 Å². The molecule has 1 aromatic heterocycles. The molecule has 78 valence electrons. The number of hydrogen-bond donors (Lipinski definition) is 1. The van der Waals surface area contributed by atoms with E-state index in [9.17, 15) is 0 Å². The van der Waals surface area contributed by atoms with Crippen LogP contribution < -0.4 is 5.32 Å². The van der Waals surface area contributed by atoms with Crippen LogP contribution in [0.2, 0.25) is 0 Å². The predicted molar refractivity (Wildman–Crippen MR) is 68.8 cm³/mol. The predicted octanol–water partition coefficient (Wildman–Crippen LogP) is 3.91. The second-order valence-corrected chi connectivity index (χ2v) is 6.06. The molecular formula is C11H16BrNS. The van der Waals surface area contributed by atoms with Crippen LogP contribution in [0.4, 0.5) is 0 Å². The van der Waals surface area contributed by atoms with Gasteiger partial charge in [-0.15, -0.1) is 11.3 Å². The summed E-state index contributed by atoms with van der Waals surface area (Å²) in [6.45, 7) is 7.42. The molecule has 1 aromatic rings. The lowest BCUT2D eigenvalue weighted by Crippen LogP contribution is -2.35. The standard InChI is InChI=1S/C11H16BrNS/c1-11(2,3)13-6-4-5-10-7-9(12)8-14-10/h4-5,7-8,13H,6H2,1-3H3. The van der Waals surface area contributed by atoms with E-state index in [4.69, 9.17) is 0 Å². The summed E-state index contributed by atoms with van der Waals surface area (Å²) in [7, 11) is 0. The van der Waals surface area contributed by atoms with Gasteiger partial charge in [0.1, 0.15) is 0 Å². The van der Waals surface area contributed by atoms with E-state index in [0.29, 0.717) is 0 Å². The van der Waals surface area contributed by atoms with Gasteiger partial charge in [0.25, 0.3) is 0 Å². The molecule has 1 N–H and O–H groups in total. The molecule has 3 heteroatoms. The fourth-order valence-electron chi connectivity index (χ4n) is 0.956. The fourth-order valence-corrected chi connectivity index (χ4v) is 2.32. The summed E-state index contributed by atoms with van der Waals surface area (Å²) in [5.74, 6) is 0. The summed E-state index contributed by atoms with van der Waals surface area (Å²) in [5, 5.41) is 5.50. The maximum atomic E-state index is 3.43. The Morgan fingerprint density at radius 2 is 2.21 bits per heavy atom. The minimum atomic E-state index is 0.195. The molecular weight excluding hydrogens is 258 g/mol. The molecule has 0 saturated carbocycles. The van der Waals surface area contributed by atoms with Gasteiger partial charge in [-0.1, -0.05) is 6.08 Å². The van der Waals surface area contributed by atoms with Gasteiger partial charge in [-0.05, 0) is 48.8 Å². The van der Waals surface area contributed by atoms with Crippen molar-refractivity contribution < 1.29 is 0 Å². The van der Waals surface area contributed by atoms with Crippen molar-refractivity contribution in [2.24, 2.45) is 0 Å². The summed E-state index contributed by atoms with van der Waals surface area (Å²) in [4.78, 5) is 1.28. The maximum Gasteiger partial charge on any atom is 0.0288 e. The molecule has 0 radical (unpaired) electrons. The van der Waals surface area contributed by atoms with E-state index >= 15 is 0 Å². The van der Waals surface area contributed by atoms with Crippen molar-refractivity contribution in [2.75, 3.05) is 6.54 Å². The van der Waals surface area contributed by atoms with Crippen LogP contribution in [0.15, 0.2) is 22.0 Å². The van der Waals surface area contributed by atoms with Crippen molar-refractivity contribution in [3.05, 3.63) is 26.9 Å². The van der Waals surface area contributed by atoms with Crippen molar-refractivity contribution in [2.45, 2.75) is 26.3 Å². The number of thiophene rings is 1. The second kappa shape index (κ2) is 5.10. The van der Waals surface area contributed by atoms with Gasteiger partial charge < -0.3 is 5.32 Å². The number of halogens is 1. The van der Waals surface area contributed by atoms with E-state index in [-0.39, 0.29) is 5.54 Å². The van der Waals surface area contributed by atoms with Crippen molar-refractivity contribution in [1.29, 1.82) is 0 Å². The third kappa shape index (κ3) is 4.94. The van der Waals surface area contributed by atoms with Crippen molar-refractivity contribution in [3.8, 4) is 0 Å².